The van der Waals surface area contributed by atoms with Crippen LogP contribution in [0.5, 0.6) is 5.88 Å². The smallest absolute Gasteiger partial charge is 0.285 e. The second-order valence-corrected chi connectivity index (χ2v) is 2.95. The molecule has 0 amide bonds. The summed E-state index contributed by atoms with van der Waals surface area (Å²) >= 11 is 0. The van der Waals surface area contributed by atoms with Crippen LogP contribution in [0.3, 0.4) is 0 Å². The Morgan fingerprint density at radius 2 is 2.35 bits per heavy atom. The van der Waals surface area contributed by atoms with Crippen LogP contribution in [0.4, 0.5) is 14.5 Å². The first-order chi connectivity index (χ1) is 8.01. The Morgan fingerprint density at radius 1 is 1.71 bits per heavy atom. The summed E-state index contributed by atoms with van der Waals surface area (Å²) in [6, 6.07) is 2.58. The van der Waals surface area contributed by atoms with Gasteiger partial charge in [0, 0.05) is 6.07 Å². The van der Waals surface area contributed by atoms with E-state index in [1.54, 1.807) is 6.07 Å². The topological polar surface area (TPSA) is 89.0 Å². The van der Waals surface area contributed by atoms with Crippen molar-refractivity contribution in [2.75, 3.05) is 7.11 Å². The number of hydrogen-bond donors (Lipinski definition) is 0. The molecule has 0 aliphatic carbocycles. The van der Waals surface area contributed by atoms with E-state index in [1.165, 1.54) is 0 Å². The summed E-state index contributed by atoms with van der Waals surface area (Å²) in [7, 11) is 1.08. The molecule has 90 valence electrons. The van der Waals surface area contributed by atoms with E-state index in [0.717, 1.165) is 13.2 Å². The van der Waals surface area contributed by atoms with Gasteiger partial charge in [-0.05, 0) is 0 Å². The standard InChI is InChI=1S/C9H7F2N3O3/c1-17-9-7(8(10)11)6(14(15)16)4-5(13-9)2-3-12/h4,8H,2H2,1H3. The van der Waals surface area contributed by atoms with Gasteiger partial charge in [0.25, 0.3) is 12.1 Å². The normalized spacial score (nSPS) is 10.1. The van der Waals surface area contributed by atoms with Crippen molar-refractivity contribution in [2.24, 2.45) is 0 Å². The Labute approximate surface area is 94.6 Å². The van der Waals surface area contributed by atoms with Gasteiger partial charge in [-0.1, -0.05) is 0 Å². The van der Waals surface area contributed by atoms with Gasteiger partial charge in [-0.25, -0.2) is 13.8 Å². The maximum absolute atomic E-state index is 12.7. The molecule has 0 fully saturated rings. The predicted octanol–water partition coefficient (Wildman–Crippen LogP) is 2.00. The molecule has 1 aromatic heterocycles. The van der Waals surface area contributed by atoms with Crippen molar-refractivity contribution in [3.05, 3.63) is 27.4 Å². The van der Waals surface area contributed by atoms with Crippen LogP contribution in [0.1, 0.15) is 17.7 Å². The van der Waals surface area contributed by atoms with Crippen molar-refractivity contribution in [1.29, 1.82) is 5.26 Å². The summed E-state index contributed by atoms with van der Waals surface area (Å²) in [5, 5.41) is 19.1. The maximum atomic E-state index is 12.7. The number of aromatic nitrogens is 1. The van der Waals surface area contributed by atoms with Gasteiger partial charge in [-0.3, -0.25) is 10.1 Å². The summed E-state index contributed by atoms with van der Waals surface area (Å²) in [4.78, 5) is 13.3. The fraction of sp³-hybridized carbons (Fsp3) is 0.333. The molecule has 1 aromatic rings. The zero-order valence-corrected chi connectivity index (χ0v) is 8.68. The first-order valence-electron chi connectivity index (χ1n) is 4.38. The average molecular weight is 243 g/mol. The lowest BCUT2D eigenvalue weighted by Crippen LogP contribution is -2.04. The highest BCUT2D eigenvalue weighted by atomic mass is 19.3. The minimum Gasteiger partial charge on any atom is -0.480 e. The Bertz CT molecular complexity index is 485. The van der Waals surface area contributed by atoms with Gasteiger partial charge < -0.3 is 4.74 Å². The molecule has 0 aliphatic heterocycles. The van der Waals surface area contributed by atoms with E-state index < -0.39 is 28.5 Å². The SMILES string of the molecule is COc1nc(CC#N)cc([N+](=O)[O-])c1C(F)F. The number of hydrogen-bond acceptors (Lipinski definition) is 5. The van der Waals surface area contributed by atoms with E-state index in [1.807, 2.05) is 0 Å². The van der Waals surface area contributed by atoms with Crippen molar-refractivity contribution < 1.29 is 18.4 Å². The van der Waals surface area contributed by atoms with E-state index in [9.17, 15) is 18.9 Å². The lowest BCUT2D eigenvalue weighted by Gasteiger charge is -2.08. The highest BCUT2D eigenvalue weighted by molar-refractivity contribution is 5.48. The van der Waals surface area contributed by atoms with Crippen molar-refractivity contribution in [3.63, 3.8) is 0 Å². The van der Waals surface area contributed by atoms with Gasteiger partial charge in [0.15, 0.2) is 5.56 Å². The van der Waals surface area contributed by atoms with Crippen molar-refractivity contribution in [2.45, 2.75) is 12.8 Å². The largest absolute Gasteiger partial charge is 0.480 e. The molecule has 17 heavy (non-hydrogen) atoms. The molecule has 0 spiro atoms. The van der Waals surface area contributed by atoms with Gasteiger partial charge >= 0.3 is 0 Å². The molecule has 0 saturated carbocycles. The van der Waals surface area contributed by atoms with Gasteiger partial charge in [-0.2, -0.15) is 5.26 Å². The fourth-order valence-electron chi connectivity index (χ4n) is 1.25. The zero-order valence-electron chi connectivity index (χ0n) is 8.68. The third kappa shape index (κ3) is 2.63. The molecule has 0 N–H and O–H groups in total. The molecule has 0 unspecified atom stereocenters. The van der Waals surface area contributed by atoms with E-state index >= 15 is 0 Å². The molecule has 1 heterocycles. The summed E-state index contributed by atoms with van der Waals surface area (Å²) in [6.07, 6.45) is -3.30. The molecule has 8 heteroatoms. The minimum absolute atomic E-state index is 0.0143. The molecular weight excluding hydrogens is 236 g/mol. The molecule has 6 nitrogen and oxygen atoms in total. The summed E-state index contributed by atoms with van der Waals surface area (Å²) < 4.78 is 29.9. The number of ether oxygens (including phenoxy) is 1. The highest BCUT2D eigenvalue weighted by Gasteiger charge is 2.28. The van der Waals surface area contributed by atoms with Gasteiger partial charge in [0.05, 0.1) is 30.2 Å². The molecular formula is C9H7F2N3O3. The second kappa shape index (κ2) is 5.16. The van der Waals surface area contributed by atoms with Crippen molar-refractivity contribution in [1.82, 2.24) is 4.98 Å². The zero-order chi connectivity index (χ0) is 13.0. The van der Waals surface area contributed by atoms with Crippen LogP contribution < -0.4 is 4.74 Å². The Morgan fingerprint density at radius 3 is 2.76 bits per heavy atom. The number of alkyl halides is 2. The number of rotatable bonds is 4. The lowest BCUT2D eigenvalue weighted by atomic mass is 10.2. The Balaban J connectivity index is 3.47. The fourth-order valence-corrected chi connectivity index (χ4v) is 1.25. The first kappa shape index (κ1) is 12.8. The number of halogens is 2. The van der Waals surface area contributed by atoms with Gasteiger partial charge in [0.1, 0.15) is 0 Å². The van der Waals surface area contributed by atoms with Crippen LogP contribution in [0.25, 0.3) is 0 Å². The van der Waals surface area contributed by atoms with Crippen LogP contribution in [0.15, 0.2) is 6.07 Å². The van der Waals surface area contributed by atoms with Crippen molar-refractivity contribution in [3.8, 4) is 11.9 Å². The summed E-state index contributed by atoms with van der Waals surface area (Å²) in [5.41, 5.74) is -1.66. The van der Waals surface area contributed by atoms with Crippen LogP contribution in [0.2, 0.25) is 0 Å². The summed E-state index contributed by atoms with van der Waals surface area (Å²) in [6.45, 7) is 0. The molecule has 1 rings (SSSR count). The first-order valence-corrected chi connectivity index (χ1v) is 4.38. The number of nitriles is 1. The third-order valence-electron chi connectivity index (χ3n) is 1.92. The molecule has 0 aliphatic rings. The molecule has 0 radical (unpaired) electrons. The van der Waals surface area contributed by atoms with Crippen LogP contribution in [-0.2, 0) is 6.42 Å². The molecule has 0 atom stereocenters. The van der Waals surface area contributed by atoms with E-state index in [2.05, 4.69) is 9.72 Å². The third-order valence-corrected chi connectivity index (χ3v) is 1.92. The predicted molar refractivity (Wildman–Crippen MR) is 51.7 cm³/mol. The highest BCUT2D eigenvalue weighted by Crippen LogP contribution is 2.35. The lowest BCUT2D eigenvalue weighted by molar-refractivity contribution is -0.386. The van der Waals surface area contributed by atoms with Crippen molar-refractivity contribution >= 4 is 5.69 Å². The van der Waals surface area contributed by atoms with E-state index in [4.69, 9.17) is 5.26 Å². The second-order valence-electron chi connectivity index (χ2n) is 2.95. The Hall–Kier alpha value is -2.30. The van der Waals surface area contributed by atoms with Gasteiger partial charge in [-0.15, -0.1) is 0 Å². The number of nitrogens with zero attached hydrogens (tertiary/aromatic N) is 3. The van der Waals surface area contributed by atoms with Crippen LogP contribution in [-0.4, -0.2) is 17.0 Å². The van der Waals surface area contributed by atoms with Gasteiger partial charge in [0.2, 0.25) is 5.88 Å². The number of pyridine rings is 1. The van der Waals surface area contributed by atoms with E-state index in [0.29, 0.717) is 0 Å². The molecule has 0 saturated heterocycles. The monoisotopic (exact) mass is 243 g/mol. The number of methoxy groups -OCH3 is 1. The average Bonchev–Trinajstić information content (AvgIpc) is 2.27. The minimum atomic E-state index is -3.08. The van der Waals surface area contributed by atoms with Crippen LogP contribution >= 0.6 is 0 Å². The number of nitro groups is 1. The maximum Gasteiger partial charge on any atom is 0.285 e. The summed E-state index contributed by atoms with van der Waals surface area (Å²) in [5.74, 6) is -0.528. The Kier molecular flexibility index (Phi) is 3.87. The van der Waals surface area contributed by atoms with Crippen LogP contribution in [0, 0.1) is 21.4 Å². The molecule has 0 aromatic carbocycles. The molecule has 0 bridgehead atoms. The van der Waals surface area contributed by atoms with E-state index in [-0.39, 0.29) is 12.1 Å². The quantitative estimate of drug-likeness (QED) is 0.596.